The molecule has 1 aromatic carbocycles. The fraction of sp³-hybridized carbons (Fsp3) is 0.261. The number of thiophene rings is 1. The van der Waals surface area contributed by atoms with Crippen LogP contribution in [0.5, 0.6) is 11.5 Å². The molecule has 0 radical (unpaired) electrons. The molecule has 2 aromatic heterocycles. The number of esters is 1. The molecule has 8 heteroatoms. The first kappa shape index (κ1) is 22.3. The number of aryl methyl sites for hydroxylation is 2. The van der Waals surface area contributed by atoms with E-state index in [0.717, 1.165) is 16.8 Å². The van der Waals surface area contributed by atoms with Crippen molar-refractivity contribution >= 4 is 28.2 Å². The third-order valence-corrected chi connectivity index (χ3v) is 5.42. The monoisotopic (exact) mass is 440 g/mol. The summed E-state index contributed by atoms with van der Waals surface area (Å²) in [6.45, 7) is 5.67. The van der Waals surface area contributed by atoms with Crippen LogP contribution in [0.2, 0.25) is 0 Å². The lowest BCUT2D eigenvalue weighted by Gasteiger charge is -2.11. The first-order chi connectivity index (χ1) is 14.9. The van der Waals surface area contributed by atoms with Crippen molar-refractivity contribution in [1.82, 2.24) is 4.98 Å². The van der Waals surface area contributed by atoms with Crippen molar-refractivity contribution < 1.29 is 23.8 Å². The molecule has 7 nitrogen and oxygen atoms in total. The Labute approximate surface area is 185 Å². The molecule has 0 saturated carbocycles. The summed E-state index contributed by atoms with van der Waals surface area (Å²) in [7, 11) is 3.10. The Hall–Kier alpha value is -3.39. The van der Waals surface area contributed by atoms with Crippen LogP contribution in [0.3, 0.4) is 0 Å². The molecule has 0 aliphatic rings. The number of nitrogens with zero attached hydrogens (tertiary/aromatic N) is 1. The van der Waals surface area contributed by atoms with Gasteiger partial charge in [-0.3, -0.25) is 4.79 Å². The van der Waals surface area contributed by atoms with Gasteiger partial charge in [0.25, 0.3) is 5.91 Å². The highest BCUT2D eigenvalue weighted by Gasteiger charge is 2.24. The number of rotatable bonds is 7. The predicted molar refractivity (Wildman–Crippen MR) is 120 cm³/mol. The van der Waals surface area contributed by atoms with Gasteiger partial charge in [-0.2, -0.15) is 0 Å². The zero-order chi connectivity index (χ0) is 22.5. The SMILES string of the molecule is CCOC(=O)c1c(-c2ccc(OC)c(OC)c2)csc1NC(=O)c1cc(C)cc(C)n1. The Morgan fingerprint density at radius 2 is 1.81 bits per heavy atom. The summed E-state index contributed by atoms with van der Waals surface area (Å²) in [6.07, 6.45) is 0. The van der Waals surface area contributed by atoms with E-state index in [1.54, 1.807) is 44.7 Å². The van der Waals surface area contributed by atoms with Crippen LogP contribution in [0, 0.1) is 13.8 Å². The number of carbonyl (C=O) groups is 2. The second-order valence-corrected chi connectivity index (χ2v) is 7.65. The zero-order valence-corrected chi connectivity index (χ0v) is 18.9. The number of anilines is 1. The number of amides is 1. The van der Waals surface area contributed by atoms with Gasteiger partial charge in [0.15, 0.2) is 11.5 Å². The number of aromatic nitrogens is 1. The molecule has 0 atom stereocenters. The van der Waals surface area contributed by atoms with E-state index >= 15 is 0 Å². The van der Waals surface area contributed by atoms with Crippen LogP contribution < -0.4 is 14.8 Å². The zero-order valence-electron chi connectivity index (χ0n) is 18.1. The molecule has 1 N–H and O–H groups in total. The minimum Gasteiger partial charge on any atom is -0.493 e. The minimum absolute atomic E-state index is 0.214. The Kier molecular flexibility index (Phi) is 6.91. The number of pyridine rings is 1. The van der Waals surface area contributed by atoms with Gasteiger partial charge in [-0.05, 0) is 56.2 Å². The Morgan fingerprint density at radius 3 is 2.45 bits per heavy atom. The number of nitrogens with one attached hydrogen (secondary N) is 1. The molecule has 31 heavy (non-hydrogen) atoms. The maximum Gasteiger partial charge on any atom is 0.341 e. The van der Waals surface area contributed by atoms with E-state index < -0.39 is 11.9 Å². The topological polar surface area (TPSA) is 86.8 Å². The molecule has 3 rings (SSSR count). The first-order valence-electron chi connectivity index (χ1n) is 9.65. The molecule has 0 spiro atoms. The predicted octanol–water partition coefficient (Wildman–Crippen LogP) is 4.87. The molecule has 0 fully saturated rings. The van der Waals surface area contributed by atoms with Gasteiger partial charge in [-0.25, -0.2) is 9.78 Å². The average molecular weight is 441 g/mol. The second-order valence-electron chi connectivity index (χ2n) is 6.77. The molecule has 0 aliphatic carbocycles. The van der Waals surface area contributed by atoms with E-state index in [4.69, 9.17) is 14.2 Å². The lowest BCUT2D eigenvalue weighted by atomic mass is 10.0. The summed E-state index contributed by atoms with van der Waals surface area (Å²) < 4.78 is 15.9. The van der Waals surface area contributed by atoms with Gasteiger partial charge in [0.1, 0.15) is 16.3 Å². The van der Waals surface area contributed by atoms with Crippen molar-refractivity contribution in [1.29, 1.82) is 0 Å². The molecule has 0 unspecified atom stereocenters. The number of ether oxygens (including phenoxy) is 3. The molecule has 162 valence electrons. The highest BCUT2D eigenvalue weighted by molar-refractivity contribution is 7.15. The van der Waals surface area contributed by atoms with Gasteiger partial charge in [-0.15, -0.1) is 11.3 Å². The van der Waals surface area contributed by atoms with Crippen molar-refractivity contribution in [2.75, 3.05) is 26.1 Å². The van der Waals surface area contributed by atoms with Crippen LogP contribution in [0.15, 0.2) is 35.7 Å². The van der Waals surface area contributed by atoms with Gasteiger partial charge >= 0.3 is 5.97 Å². The number of methoxy groups -OCH3 is 2. The van der Waals surface area contributed by atoms with E-state index in [2.05, 4.69) is 10.3 Å². The number of carbonyl (C=O) groups excluding carboxylic acids is 2. The largest absolute Gasteiger partial charge is 0.493 e. The lowest BCUT2D eigenvalue weighted by molar-refractivity contribution is 0.0529. The number of hydrogen-bond donors (Lipinski definition) is 1. The van der Waals surface area contributed by atoms with Crippen LogP contribution in [0.1, 0.15) is 39.0 Å². The first-order valence-corrected chi connectivity index (χ1v) is 10.5. The smallest absolute Gasteiger partial charge is 0.341 e. The summed E-state index contributed by atoms with van der Waals surface area (Å²) >= 11 is 1.25. The maximum absolute atomic E-state index is 12.8. The molecule has 1 amide bonds. The quantitative estimate of drug-likeness (QED) is 0.527. The van der Waals surface area contributed by atoms with Gasteiger partial charge in [-0.1, -0.05) is 6.07 Å². The van der Waals surface area contributed by atoms with Gasteiger partial charge in [0.2, 0.25) is 0 Å². The maximum atomic E-state index is 12.8. The van der Waals surface area contributed by atoms with E-state index in [1.807, 2.05) is 26.0 Å². The Balaban J connectivity index is 2.03. The van der Waals surface area contributed by atoms with Crippen molar-refractivity contribution in [2.24, 2.45) is 0 Å². The highest BCUT2D eigenvalue weighted by atomic mass is 32.1. The van der Waals surface area contributed by atoms with Gasteiger partial charge < -0.3 is 19.5 Å². The van der Waals surface area contributed by atoms with Crippen LogP contribution >= 0.6 is 11.3 Å². The molecule has 2 heterocycles. The molecule has 0 bridgehead atoms. The van der Waals surface area contributed by atoms with E-state index in [1.165, 1.54) is 11.3 Å². The number of hydrogen-bond acceptors (Lipinski definition) is 7. The lowest BCUT2D eigenvalue weighted by Crippen LogP contribution is -2.16. The Morgan fingerprint density at radius 1 is 1.06 bits per heavy atom. The van der Waals surface area contributed by atoms with E-state index in [0.29, 0.717) is 22.1 Å². The van der Waals surface area contributed by atoms with Crippen LogP contribution in [0.4, 0.5) is 5.00 Å². The van der Waals surface area contributed by atoms with Crippen LogP contribution in [-0.4, -0.2) is 37.7 Å². The number of benzene rings is 1. The Bertz CT molecular complexity index is 1100. The summed E-state index contributed by atoms with van der Waals surface area (Å²) in [5, 5.41) is 5.02. The molecule has 0 aliphatic heterocycles. The summed E-state index contributed by atoms with van der Waals surface area (Å²) in [4.78, 5) is 29.9. The van der Waals surface area contributed by atoms with Crippen molar-refractivity contribution in [3.8, 4) is 22.6 Å². The van der Waals surface area contributed by atoms with Crippen LogP contribution in [0.25, 0.3) is 11.1 Å². The fourth-order valence-electron chi connectivity index (χ4n) is 3.20. The van der Waals surface area contributed by atoms with Gasteiger partial charge in [0.05, 0.1) is 20.8 Å². The van der Waals surface area contributed by atoms with Crippen molar-refractivity contribution in [2.45, 2.75) is 20.8 Å². The third-order valence-electron chi connectivity index (χ3n) is 4.52. The minimum atomic E-state index is -0.516. The van der Waals surface area contributed by atoms with Crippen molar-refractivity contribution in [3.63, 3.8) is 0 Å². The standard InChI is InChI=1S/C23H24N2O5S/c1-6-30-23(27)20-16(15-7-8-18(28-4)19(11-15)29-5)12-31-22(20)25-21(26)17-10-13(2)9-14(3)24-17/h7-12H,6H2,1-5H3,(H,25,26). The third kappa shape index (κ3) is 4.86. The molecular weight excluding hydrogens is 416 g/mol. The molecule has 0 saturated heterocycles. The average Bonchev–Trinajstić information content (AvgIpc) is 3.16. The summed E-state index contributed by atoms with van der Waals surface area (Å²) in [5.41, 5.74) is 3.62. The molecular formula is C23H24N2O5S. The summed E-state index contributed by atoms with van der Waals surface area (Å²) in [6, 6.07) is 8.96. The van der Waals surface area contributed by atoms with Crippen LogP contribution in [-0.2, 0) is 4.74 Å². The van der Waals surface area contributed by atoms with E-state index in [9.17, 15) is 9.59 Å². The van der Waals surface area contributed by atoms with Gasteiger partial charge in [0, 0.05) is 16.6 Å². The second kappa shape index (κ2) is 9.61. The normalized spacial score (nSPS) is 10.5. The van der Waals surface area contributed by atoms with E-state index in [-0.39, 0.29) is 17.9 Å². The fourth-order valence-corrected chi connectivity index (χ4v) is 4.15. The summed E-state index contributed by atoms with van der Waals surface area (Å²) in [5.74, 6) is 0.204. The van der Waals surface area contributed by atoms with Crippen molar-refractivity contribution in [3.05, 3.63) is 58.2 Å². The highest BCUT2D eigenvalue weighted by Crippen LogP contribution is 2.39. The molecule has 3 aromatic rings.